The second-order valence-electron chi connectivity index (χ2n) is 7.28. The molecule has 1 atom stereocenters. The summed E-state index contributed by atoms with van der Waals surface area (Å²) in [7, 11) is 0. The van der Waals surface area contributed by atoms with Crippen molar-refractivity contribution < 1.29 is 18.9 Å². The molecule has 1 unspecified atom stereocenters. The van der Waals surface area contributed by atoms with Crippen LogP contribution in [-0.4, -0.2) is 49.9 Å². The molecule has 2 aromatic rings. The highest BCUT2D eigenvalue weighted by molar-refractivity contribution is 7.80. The summed E-state index contributed by atoms with van der Waals surface area (Å²) >= 11 is 5.29. The van der Waals surface area contributed by atoms with E-state index in [0.29, 0.717) is 46.9 Å². The molecule has 0 radical (unpaired) electrons. The third-order valence-corrected chi connectivity index (χ3v) is 5.50. The third kappa shape index (κ3) is 3.85. The summed E-state index contributed by atoms with van der Waals surface area (Å²) in [6.45, 7) is 4.64. The Morgan fingerprint density at radius 3 is 2.90 bits per heavy atom. The smallest absolute Gasteiger partial charge is 0.312 e. The van der Waals surface area contributed by atoms with Crippen LogP contribution >= 0.6 is 12.2 Å². The van der Waals surface area contributed by atoms with Gasteiger partial charge in [0, 0.05) is 12.7 Å². The Balaban J connectivity index is 1.47. The summed E-state index contributed by atoms with van der Waals surface area (Å²) in [5.74, 6) is 0.813. The van der Waals surface area contributed by atoms with Gasteiger partial charge in [0.1, 0.15) is 28.6 Å². The topological polar surface area (TPSA) is 116 Å². The summed E-state index contributed by atoms with van der Waals surface area (Å²) in [6, 6.07) is 3.47. The van der Waals surface area contributed by atoms with Gasteiger partial charge in [0.2, 0.25) is 0 Å². The van der Waals surface area contributed by atoms with Gasteiger partial charge in [0.05, 0.1) is 24.1 Å². The molecule has 0 saturated carbocycles. The largest absolute Gasteiger partial charge is 0.460 e. The fourth-order valence-corrected chi connectivity index (χ4v) is 3.95. The number of amides is 1. The van der Waals surface area contributed by atoms with E-state index in [0.717, 1.165) is 12.8 Å². The monoisotopic (exact) mass is 431 g/mol. The molecule has 1 amide bonds. The molecule has 0 aliphatic carbocycles. The van der Waals surface area contributed by atoms with Crippen molar-refractivity contribution in [2.75, 3.05) is 13.2 Å². The Morgan fingerprint density at radius 1 is 1.43 bits per heavy atom. The van der Waals surface area contributed by atoms with Gasteiger partial charge in [-0.1, -0.05) is 0 Å². The maximum Gasteiger partial charge on any atom is 0.312 e. The number of aromatic nitrogens is 2. The Bertz CT molecular complexity index is 1050. The zero-order chi connectivity index (χ0) is 21.4. The molecule has 158 valence electrons. The number of rotatable bonds is 6. The number of nitro groups is 1. The second kappa shape index (κ2) is 8.00. The number of ether oxygens (including phenoxy) is 1. The molecule has 2 aromatic heterocycles. The number of carbonyl (C=O) groups excluding carboxylic acids is 1. The molecule has 2 fully saturated rings. The van der Waals surface area contributed by atoms with Crippen molar-refractivity contribution in [1.82, 2.24) is 20.0 Å². The van der Waals surface area contributed by atoms with Gasteiger partial charge in [-0.25, -0.2) is 0 Å². The number of aryl methyl sites for hydroxylation is 1. The van der Waals surface area contributed by atoms with Crippen LogP contribution in [0.25, 0.3) is 6.08 Å². The van der Waals surface area contributed by atoms with Gasteiger partial charge in [-0.05, 0) is 51.0 Å². The van der Waals surface area contributed by atoms with E-state index >= 15 is 0 Å². The van der Waals surface area contributed by atoms with Gasteiger partial charge in [-0.3, -0.25) is 24.5 Å². The molecule has 2 saturated heterocycles. The van der Waals surface area contributed by atoms with Crippen molar-refractivity contribution in [2.24, 2.45) is 0 Å². The average molecular weight is 431 g/mol. The lowest BCUT2D eigenvalue weighted by Gasteiger charge is -2.18. The van der Waals surface area contributed by atoms with Crippen LogP contribution < -0.4 is 5.32 Å². The molecule has 11 heteroatoms. The summed E-state index contributed by atoms with van der Waals surface area (Å²) in [4.78, 5) is 24.9. The molecule has 0 bridgehead atoms. The minimum absolute atomic E-state index is 0.00416. The van der Waals surface area contributed by atoms with E-state index in [4.69, 9.17) is 21.4 Å². The molecular weight excluding hydrogens is 410 g/mol. The lowest BCUT2D eigenvalue weighted by molar-refractivity contribution is -0.386. The number of hydrogen-bond donors (Lipinski definition) is 1. The first kappa shape index (κ1) is 20.2. The standard InChI is InChI=1S/C19H21N5O5S/c1-11-17(24(26)27)12(2)23(21-11)10-15-6-5-13(29-15)8-16-18(25)22(19(30)20-16)9-14-4-3-7-28-14/h5-6,8,14H,3-4,7,9-10H2,1-2H3,(H,20,30)/b16-8+. The van der Waals surface area contributed by atoms with Crippen LogP contribution in [0.1, 0.15) is 35.7 Å². The third-order valence-electron chi connectivity index (χ3n) is 5.17. The molecule has 2 aliphatic rings. The van der Waals surface area contributed by atoms with E-state index in [1.165, 1.54) is 9.58 Å². The molecule has 4 heterocycles. The second-order valence-corrected chi connectivity index (χ2v) is 7.66. The average Bonchev–Trinajstić information content (AvgIpc) is 3.44. The predicted octanol–water partition coefficient (Wildman–Crippen LogP) is 2.29. The van der Waals surface area contributed by atoms with Crippen LogP contribution in [0.15, 0.2) is 22.2 Å². The highest BCUT2D eigenvalue weighted by Crippen LogP contribution is 2.24. The minimum Gasteiger partial charge on any atom is -0.460 e. The highest BCUT2D eigenvalue weighted by atomic mass is 32.1. The van der Waals surface area contributed by atoms with Crippen molar-refractivity contribution in [3.8, 4) is 0 Å². The maximum atomic E-state index is 12.7. The lowest BCUT2D eigenvalue weighted by atomic mass is 10.2. The molecular formula is C19H21N5O5S. The van der Waals surface area contributed by atoms with Gasteiger partial charge in [0.15, 0.2) is 5.11 Å². The molecule has 0 aromatic carbocycles. The SMILES string of the molecule is Cc1nn(Cc2ccc(/C=C3/NC(=S)N(CC4CCCO4)C3=O)o2)c(C)c1[N+](=O)[O-]. The van der Waals surface area contributed by atoms with Gasteiger partial charge >= 0.3 is 5.69 Å². The number of hydrogen-bond acceptors (Lipinski definition) is 7. The van der Waals surface area contributed by atoms with Crippen molar-refractivity contribution in [2.45, 2.75) is 39.3 Å². The lowest BCUT2D eigenvalue weighted by Crippen LogP contribution is -2.37. The van der Waals surface area contributed by atoms with Crippen LogP contribution in [0, 0.1) is 24.0 Å². The number of nitrogens with zero attached hydrogens (tertiary/aromatic N) is 4. The van der Waals surface area contributed by atoms with Crippen LogP contribution in [-0.2, 0) is 16.1 Å². The summed E-state index contributed by atoms with van der Waals surface area (Å²) in [5.41, 5.74) is 1.15. The normalized spacial score (nSPS) is 20.4. The first-order valence-electron chi connectivity index (χ1n) is 9.56. The minimum atomic E-state index is -0.436. The highest BCUT2D eigenvalue weighted by Gasteiger charge is 2.33. The fourth-order valence-electron chi connectivity index (χ4n) is 3.68. The maximum absolute atomic E-state index is 12.7. The molecule has 0 spiro atoms. The Hall–Kier alpha value is -3.05. The zero-order valence-electron chi connectivity index (χ0n) is 16.6. The van der Waals surface area contributed by atoms with Crippen molar-refractivity contribution in [3.05, 3.63) is 50.9 Å². The molecule has 1 N–H and O–H groups in total. The molecule has 4 rings (SSSR count). The summed E-state index contributed by atoms with van der Waals surface area (Å²) < 4.78 is 12.9. The van der Waals surface area contributed by atoms with E-state index in [2.05, 4.69) is 10.4 Å². The van der Waals surface area contributed by atoms with E-state index in [9.17, 15) is 14.9 Å². The van der Waals surface area contributed by atoms with Gasteiger partial charge in [0.25, 0.3) is 5.91 Å². The Morgan fingerprint density at radius 2 is 2.23 bits per heavy atom. The molecule has 10 nitrogen and oxygen atoms in total. The Labute approximate surface area is 177 Å². The van der Waals surface area contributed by atoms with Crippen LogP contribution in [0.2, 0.25) is 0 Å². The van der Waals surface area contributed by atoms with E-state index in [1.807, 2.05) is 0 Å². The molecule has 30 heavy (non-hydrogen) atoms. The van der Waals surface area contributed by atoms with Crippen molar-refractivity contribution in [1.29, 1.82) is 0 Å². The van der Waals surface area contributed by atoms with Crippen LogP contribution in [0.3, 0.4) is 0 Å². The van der Waals surface area contributed by atoms with Crippen LogP contribution in [0.5, 0.6) is 0 Å². The first-order valence-corrected chi connectivity index (χ1v) is 9.97. The number of thiocarbonyl (C=S) groups is 1. The number of furan rings is 1. The zero-order valence-corrected chi connectivity index (χ0v) is 17.4. The van der Waals surface area contributed by atoms with Crippen LogP contribution in [0.4, 0.5) is 5.69 Å². The van der Waals surface area contributed by atoms with E-state index < -0.39 is 4.92 Å². The van der Waals surface area contributed by atoms with E-state index in [1.54, 1.807) is 32.1 Å². The van der Waals surface area contributed by atoms with Gasteiger partial charge in [-0.15, -0.1) is 0 Å². The summed E-state index contributed by atoms with van der Waals surface area (Å²) in [6.07, 6.45) is 3.51. The Kier molecular flexibility index (Phi) is 5.39. The quantitative estimate of drug-likeness (QED) is 0.321. The predicted molar refractivity (Wildman–Crippen MR) is 111 cm³/mol. The number of nitrogens with one attached hydrogen (secondary N) is 1. The van der Waals surface area contributed by atoms with Crippen molar-refractivity contribution >= 4 is 35.0 Å². The fraction of sp³-hybridized carbons (Fsp3) is 0.421. The number of carbonyl (C=O) groups is 1. The van der Waals surface area contributed by atoms with Gasteiger partial charge < -0.3 is 14.5 Å². The molecule has 2 aliphatic heterocycles. The van der Waals surface area contributed by atoms with E-state index in [-0.39, 0.29) is 24.2 Å². The first-order chi connectivity index (χ1) is 14.3. The summed E-state index contributed by atoms with van der Waals surface area (Å²) in [5, 5.41) is 18.7. The van der Waals surface area contributed by atoms with Crippen molar-refractivity contribution in [3.63, 3.8) is 0 Å². The van der Waals surface area contributed by atoms with Gasteiger partial charge in [-0.2, -0.15) is 5.10 Å².